The van der Waals surface area contributed by atoms with Gasteiger partial charge in [0.1, 0.15) is 5.82 Å². The third-order valence-electron chi connectivity index (χ3n) is 3.77. The molecule has 5 heteroatoms. The number of nitrogen functional groups attached to an aromatic ring is 1. The van der Waals surface area contributed by atoms with Gasteiger partial charge in [0, 0.05) is 45.9 Å². The Morgan fingerprint density at radius 2 is 1.84 bits per heavy atom. The largest absolute Gasteiger partial charge is 0.384 e. The Balaban J connectivity index is 2.20. The second-order valence-electron chi connectivity index (χ2n) is 5.09. The number of rotatable bonds is 1. The minimum absolute atomic E-state index is 0.680. The van der Waals surface area contributed by atoms with E-state index in [1.165, 1.54) is 11.4 Å². The molecule has 3 rings (SSSR count). The summed E-state index contributed by atoms with van der Waals surface area (Å²) in [4.78, 5) is 4.57. The number of aryl methyl sites for hydroxylation is 1. The summed E-state index contributed by atoms with van der Waals surface area (Å²) in [5.74, 6) is 0.680. The van der Waals surface area contributed by atoms with Crippen LogP contribution in [0.4, 0.5) is 17.2 Å². The lowest BCUT2D eigenvalue weighted by Crippen LogP contribution is -2.37. The summed E-state index contributed by atoms with van der Waals surface area (Å²) in [5.41, 5.74) is 10.4. The first-order valence-corrected chi connectivity index (χ1v) is 6.43. The number of hydrogen-bond donors (Lipinski definition) is 1. The van der Waals surface area contributed by atoms with E-state index in [2.05, 4.69) is 47.2 Å². The summed E-state index contributed by atoms with van der Waals surface area (Å²) >= 11 is 0. The minimum atomic E-state index is 0.680. The number of likely N-dealkylation sites (N-methyl/N-ethyl adjacent to an activating group) is 2. The van der Waals surface area contributed by atoms with Gasteiger partial charge in [-0.1, -0.05) is 12.1 Å². The normalized spacial score (nSPS) is 14.7. The van der Waals surface area contributed by atoms with E-state index in [9.17, 15) is 0 Å². The number of anilines is 3. The number of aromatic nitrogens is 2. The zero-order valence-corrected chi connectivity index (χ0v) is 11.6. The Labute approximate surface area is 113 Å². The molecule has 0 amide bonds. The molecule has 1 aromatic carbocycles. The number of para-hydroxylation sites is 1. The topological polar surface area (TPSA) is 50.3 Å². The lowest BCUT2D eigenvalue weighted by Gasteiger charge is -2.36. The van der Waals surface area contributed by atoms with Crippen LogP contribution in [-0.4, -0.2) is 37.0 Å². The molecule has 0 radical (unpaired) electrons. The van der Waals surface area contributed by atoms with Crippen LogP contribution in [0.1, 0.15) is 0 Å². The van der Waals surface area contributed by atoms with Crippen molar-refractivity contribution in [3.8, 4) is 11.3 Å². The maximum atomic E-state index is 5.89. The SMILES string of the molecule is CN1CCN(C)c2c(-c3cc(N)n(C)n3)cccc21. The number of hydrogen-bond acceptors (Lipinski definition) is 4. The van der Waals surface area contributed by atoms with Crippen molar-refractivity contribution < 1.29 is 0 Å². The molecular weight excluding hydrogens is 238 g/mol. The van der Waals surface area contributed by atoms with E-state index in [-0.39, 0.29) is 0 Å². The number of nitrogens with zero attached hydrogens (tertiary/aromatic N) is 4. The fourth-order valence-electron chi connectivity index (χ4n) is 2.59. The molecule has 2 heterocycles. The van der Waals surface area contributed by atoms with Crippen LogP contribution in [0.15, 0.2) is 24.3 Å². The van der Waals surface area contributed by atoms with E-state index in [0.717, 1.165) is 24.3 Å². The molecule has 2 aromatic rings. The Morgan fingerprint density at radius 1 is 1.11 bits per heavy atom. The predicted octanol–water partition coefficient (Wildman–Crippen LogP) is 1.56. The molecule has 1 aromatic heterocycles. The summed E-state index contributed by atoms with van der Waals surface area (Å²) in [6.45, 7) is 2.06. The first-order chi connectivity index (χ1) is 9.08. The van der Waals surface area contributed by atoms with Crippen molar-refractivity contribution in [3.63, 3.8) is 0 Å². The average molecular weight is 257 g/mol. The van der Waals surface area contributed by atoms with Gasteiger partial charge in [-0.25, -0.2) is 0 Å². The van der Waals surface area contributed by atoms with Crippen LogP contribution >= 0.6 is 0 Å². The molecule has 19 heavy (non-hydrogen) atoms. The van der Waals surface area contributed by atoms with Crippen LogP contribution in [0.3, 0.4) is 0 Å². The molecular formula is C14H19N5. The van der Waals surface area contributed by atoms with E-state index in [0.29, 0.717) is 5.82 Å². The average Bonchev–Trinajstić information content (AvgIpc) is 2.73. The van der Waals surface area contributed by atoms with E-state index in [1.807, 2.05) is 13.1 Å². The van der Waals surface area contributed by atoms with Gasteiger partial charge in [0.15, 0.2) is 0 Å². The second kappa shape index (κ2) is 4.19. The van der Waals surface area contributed by atoms with Crippen molar-refractivity contribution >= 4 is 17.2 Å². The highest BCUT2D eigenvalue weighted by atomic mass is 15.3. The van der Waals surface area contributed by atoms with Crippen LogP contribution in [0.25, 0.3) is 11.3 Å². The minimum Gasteiger partial charge on any atom is -0.384 e. The van der Waals surface area contributed by atoms with E-state index in [4.69, 9.17) is 5.73 Å². The molecule has 1 aliphatic rings. The van der Waals surface area contributed by atoms with Crippen LogP contribution in [0.2, 0.25) is 0 Å². The van der Waals surface area contributed by atoms with Crippen LogP contribution < -0.4 is 15.5 Å². The molecule has 1 aliphatic heterocycles. The lowest BCUT2D eigenvalue weighted by molar-refractivity contribution is 0.779. The number of benzene rings is 1. The van der Waals surface area contributed by atoms with Crippen LogP contribution in [0, 0.1) is 0 Å². The fraction of sp³-hybridized carbons (Fsp3) is 0.357. The Hall–Kier alpha value is -2.17. The van der Waals surface area contributed by atoms with E-state index in [1.54, 1.807) is 4.68 Å². The van der Waals surface area contributed by atoms with Gasteiger partial charge >= 0.3 is 0 Å². The summed E-state index contributed by atoms with van der Waals surface area (Å²) in [7, 11) is 6.12. The van der Waals surface area contributed by atoms with E-state index >= 15 is 0 Å². The summed E-state index contributed by atoms with van der Waals surface area (Å²) in [6, 6.07) is 8.27. The van der Waals surface area contributed by atoms with Gasteiger partial charge in [0.2, 0.25) is 0 Å². The van der Waals surface area contributed by atoms with Crippen LogP contribution in [-0.2, 0) is 7.05 Å². The highest BCUT2D eigenvalue weighted by Crippen LogP contribution is 2.39. The van der Waals surface area contributed by atoms with Crippen molar-refractivity contribution in [1.29, 1.82) is 0 Å². The first kappa shape index (κ1) is 11.9. The van der Waals surface area contributed by atoms with Gasteiger partial charge in [0.25, 0.3) is 0 Å². The molecule has 0 bridgehead atoms. The Kier molecular flexibility index (Phi) is 2.62. The van der Waals surface area contributed by atoms with Crippen molar-refractivity contribution in [2.45, 2.75) is 0 Å². The monoisotopic (exact) mass is 257 g/mol. The third-order valence-corrected chi connectivity index (χ3v) is 3.77. The summed E-state index contributed by atoms with van der Waals surface area (Å²) in [6.07, 6.45) is 0. The highest BCUT2D eigenvalue weighted by molar-refractivity contribution is 5.88. The van der Waals surface area contributed by atoms with Crippen molar-refractivity contribution in [2.75, 3.05) is 42.7 Å². The third kappa shape index (κ3) is 1.82. The molecule has 0 spiro atoms. The molecule has 0 atom stereocenters. The molecule has 5 nitrogen and oxygen atoms in total. The van der Waals surface area contributed by atoms with Crippen molar-refractivity contribution in [3.05, 3.63) is 24.3 Å². The molecule has 0 fully saturated rings. The highest BCUT2D eigenvalue weighted by Gasteiger charge is 2.22. The molecule has 0 saturated carbocycles. The molecule has 0 saturated heterocycles. The van der Waals surface area contributed by atoms with E-state index < -0.39 is 0 Å². The number of fused-ring (bicyclic) bond motifs is 1. The van der Waals surface area contributed by atoms with Crippen molar-refractivity contribution in [1.82, 2.24) is 9.78 Å². The van der Waals surface area contributed by atoms with Gasteiger partial charge in [-0.3, -0.25) is 4.68 Å². The van der Waals surface area contributed by atoms with Gasteiger partial charge < -0.3 is 15.5 Å². The van der Waals surface area contributed by atoms with Gasteiger partial charge in [-0.2, -0.15) is 5.10 Å². The summed E-state index contributed by atoms with van der Waals surface area (Å²) in [5, 5.41) is 4.49. The molecule has 100 valence electrons. The molecule has 2 N–H and O–H groups in total. The maximum absolute atomic E-state index is 5.89. The fourth-order valence-corrected chi connectivity index (χ4v) is 2.59. The Morgan fingerprint density at radius 3 is 2.53 bits per heavy atom. The first-order valence-electron chi connectivity index (χ1n) is 6.43. The lowest BCUT2D eigenvalue weighted by atomic mass is 10.0. The Bertz CT molecular complexity index is 597. The zero-order valence-electron chi connectivity index (χ0n) is 11.6. The number of nitrogens with two attached hydrogens (primary N) is 1. The quantitative estimate of drug-likeness (QED) is 0.842. The van der Waals surface area contributed by atoms with Gasteiger partial charge in [0.05, 0.1) is 17.1 Å². The van der Waals surface area contributed by atoms with Crippen molar-refractivity contribution in [2.24, 2.45) is 7.05 Å². The molecule has 0 unspecified atom stereocenters. The predicted molar refractivity (Wildman–Crippen MR) is 79.6 cm³/mol. The zero-order chi connectivity index (χ0) is 13.6. The summed E-state index contributed by atoms with van der Waals surface area (Å²) < 4.78 is 1.71. The second-order valence-corrected chi connectivity index (χ2v) is 5.09. The maximum Gasteiger partial charge on any atom is 0.121 e. The van der Waals surface area contributed by atoms with Crippen LogP contribution in [0.5, 0.6) is 0 Å². The van der Waals surface area contributed by atoms with Gasteiger partial charge in [-0.05, 0) is 6.07 Å². The van der Waals surface area contributed by atoms with Gasteiger partial charge in [-0.15, -0.1) is 0 Å². The molecule has 0 aliphatic carbocycles. The standard InChI is InChI=1S/C14H19N5/c1-17-7-8-18(2)14-10(5-4-6-12(14)17)11-9-13(15)19(3)16-11/h4-6,9H,7-8,15H2,1-3H3. The smallest absolute Gasteiger partial charge is 0.121 e.